The molecule has 1 unspecified atom stereocenters. The van der Waals surface area contributed by atoms with Crippen molar-refractivity contribution >= 4 is 5.91 Å². The number of amides is 1. The zero-order chi connectivity index (χ0) is 20.1. The summed E-state index contributed by atoms with van der Waals surface area (Å²) in [6, 6.07) is 9.09. The van der Waals surface area contributed by atoms with Crippen molar-refractivity contribution < 1.29 is 9.53 Å². The number of aromatic amines is 1. The Morgan fingerprint density at radius 2 is 2.07 bits per heavy atom. The average molecular weight is 397 g/mol. The van der Waals surface area contributed by atoms with Crippen LogP contribution in [0.2, 0.25) is 0 Å². The minimum Gasteiger partial charge on any atom is -0.494 e. The van der Waals surface area contributed by atoms with Crippen LogP contribution in [0.15, 0.2) is 30.6 Å². The molecule has 1 saturated heterocycles. The second-order valence-electron chi connectivity index (χ2n) is 8.24. The van der Waals surface area contributed by atoms with Crippen molar-refractivity contribution in [3.05, 3.63) is 47.5 Å². The number of nitrogens with zero attached hydrogens (tertiary/aromatic N) is 3. The molecule has 29 heavy (non-hydrogen) atoms. The van der Waals surface area contributed by atoms with Crippen LogP contribution in [0.3, 0.4) is 0 Å². The van der Waals surface area contributed by atoms with E-state index in [4.69, 9.17) is 4.74 Å². The Balaban J connectivity index is 1.52. The van der Waals surface area contributed by atoms with Gasteiger partial charge in [0.05, 0.1) is 12.9 Å². The molecule has 4 rings (SSSR count). The number of carbonyl (C=O) groups is 1. The number of benzene rings is 1. The summed E-state index contributed by atoms with van der Waals surface area (Å²) in [7, 11) is 0. The predicted octanol–water partition coefficient (Wildman–Crippen LogP) is 3.43. The fraction of sp³-hybridized carbons (Fsp3) is 0.565. The third kappa shape index (κ3) is 4.99. The van der Waals surface area contributed by atoms with E-state index in [0.717, 1.165) is 50.3 Å². The molecule has 156 valence electrons. The molecular formula is C23H32N4O2. The van der Waals surface area contributed by atoms with Gasteiger partial charge in [-0.2, -0.15) is 0 Å². The molecular weight excluding hydrogens is 364 g/mol. The molecule has 3 heterocycles. The first kappa shape index (κ1) is 20.0. The molecule has 0 saturated carbocycles. The number of fused-ring (bicyclic) bond motifs is 3. The van der Waals surface area contributed by atoms with Crippen molar-refractivity contribution in [2.45, 2.75) is 51.5 Å². The van der Waals surface area contributed by atoms with Gasteiger partial charge >= 0.3 is 0 Å². The lowest BCUT2D eigenvalue weighted by Gasteiger charge is -2.37. The minimum atomic E-state index is 0.0198. The molecule has 2 aliphatic rings. The average Bonchev–Trinajstić information content (AvgIpc) is 3.17. The van der Waals surface area contributed by atoms with Crippen molar-refractivity contribution in [2.75, 3.05) is 32.8 Å². The normalized spacial score (nSPS) is 21.7. The second kappa shape index (κ2) is 9.44. The molecule has 1 N–H and O–H groups in total. The summed E-state index contributed by atoms with van der Waals surface area (Å²) in [5.74, 6) is 0.951. The van der Waals surface area contributed by atoms with Gasteiger partial charge in [0.25, 0.3) is 5.91 Å². The number of hydrogen-bond donors (Lipinski definition) is 1. The SMILES string of the molecule is Cc1[nH]cnc1C(=O)N1CCCOc2cccc(c2)CCC2CCCCN2CC1. The van der Waals surface area contributed by atoms with Gasteiger partial charge < -0.3 is 14.6 Å². The van der Waals surface area contributed by atoms with Crippen LogP contribution >= 0.6 is 0 Å². The Bertz CT molecular complexity index is 819. The summed E-state index contributed by atoms with van der Waals surface area (Å²) in [4.78, 5) is 25.0. The van der Waals surface area contributed by atoms with E-state index in [1.165, 1.54) is 24.8 Å². The van der Waals surface area contributed by atoms with Crippen LogP contribution < -0.4 is 4.74 Å². The molecule has 0 spiro atoms. The lowest BCUT2D eigenvalue weighted by atomic mass is 9.95. The number of piperidine rings is 1. The van der Waals surface area contributed by atoms with Crippen LogP contribution in [0.4, 0.5) is 0 Å². The molecule has 1 aromatic heterocycles. The fourth-order valence-corrected chi connectivity index (χ4v) is 4.54. The quantitative estimate of drug-likeness (QED) is 0.802. The van der Waals surface area contributed by atoms with Crippen molar-refractivity contribution in [2.24, 2.45) is 0 Å². The standard InChI is InChI=1S/C23H32N4O2/c1-18-22(25-17-24-18)23(28)27-12-5-15-29-21-8-4-6-19(16-21)9-10-20-7-2-3-11-26(20)13-14-27/h4,6,8,16-17,20H,2-3,5,7,9-15H2,1H3,(H,24,25). The number of nitrogens with one attached hydrogen (secondary N) is 1. The van der Waals surface area contributed by atoms with Crippen LogP contribution in [0, 0.1) is 6.92 Å². The largest absolute Gasteiger partial charge is 0.494 e. The number of imidazole rings is 1. The highest BCUT2D eigenvalue weighted by molar-refractivity contribution is 5.93. The molecule has 2 aromatic rings. The van der Waals surface area contributed by atoms with E-state index in [1.54, 1.807) is 6.33 Å². The number of aryl methyl sites for hydroxylation is 2. The highest BCUT2D eigenvalue weighted by Gasteiger charge is 2.25. The number of carbonyl (C=O) groups excluding carboxylic acids is 1. The summed E-state index contributed by atoms with van der Waals surface area (Å²) in [6.45, 7) is 6.01. The van der Waals surface area contributed by atoms with Gasteiger partial charge in [-0.05, 0) is 63.3 Å². The Morgan fingerprint density at radius 3 is 2.93 bits per heavy atom. The van der Waals surface area contributed by atoms with Crippen molar-refractivity contribution in [3.63, 3.8) is 0 Å². The van der Waals surface area contributed by atoms with E-state index >= 15 is 0 Å². The summed E-state index contributed by atoms with van der Waals surface area (Å²) >= 11 is 0. The molecule has 1 aromatic carbocycles. The molecule has 2 aliphatic heterocycles. The topological polar surface area (TPSA) is 61.5 Å². The summed E-state index contributed by atoms with van der Waals surface area (Å²) < 4.78 is 5.97. The van der Waals surface area contributed by atoms with Gasteiger partial charge in [0, 0.05) is 31.4 Å². The van der Waals surface area contributed by atoms with E-state index in [2.05, 4.69) is 33.1 Å². The van der Waals surface area contributed by atoms with Crippen LogP contribution in [0.25, 0.3) is 0 Å². The van der Waals surface area contributed by atoms with E-state index in [0.29, 0.717) is 24.9 Å². The molecule has 2 bridgehead atoms. The molecule has 1 fully saturated rings. The van der Waals surface area contributed by atoms with Crippen molar-refractivity contribution in [3.8, 4) is 5.75 Å². The molecule has 0 aliphatic carbocycles. The maximum Gasteiger partial charge on any atom is 0.274 e. The number of rotatable bonds is 1. The number of ether oxygens (including phenoxy) is 1. The van der Waals surface area contributed by atoms with E-state index < -0.39 is 0 Å². The van der Waals surface area contributed by atoms with E-state index in [1.807, 2.05) is 17.9 Å². The first-order chi connectivity index (χ1) is 14.2. The van der Waals surface area contributed by atoms with Crippen LogP contribution in [0.5, 0.6) is 5.75 Å². The molecule has 6 nitrogen and oxygen atoms in total. The van der Waals surface area contributed by atoms with Crippen LogP contribution in [0.1, 0.15) is 53.8 Å². The zero-order valence-electron chi connectivity index (χ0n) is 17.4. The molecule has 1 atom stereocenters. The second-order valence-corrected chi connectivity index (χ2v) is 8.24. The summed E-state index contributed by atoms with van der Waals surface area (Å²) in [6.07, 6.45) is 8.46. The molecule has 1 amide bonds. The maximum absolute atomic E-state index is 13.1. The number of H-pyrrole nitrogens is 1. The minimum absolute atomic E-state index is 0.0198. The lowest BCUT2D eigenvalue weighted by molar-refractivity contribution is 0.0677. The first-order valence-electron chi connectivity index (χ1n) is 11.0. The third-order valence-electron chi connectivity index (χ3n) is 6.23. The van der Waals surface area contributed by atoms with E-state index in [9.17, 15) is 4.79 Å². The van der Waals surface area contributed by atoms with E-state index in [-0.39, 0.29) is 5.91 Å². The zero-order valence-corrected chi connectivity index (χ0v) is 17.4. The molecule has 0 radical (unpaired) electrons. The van der Waals surface area contributed by atoms with Crippen molar-refractivity contribution in [1.82, 2.24) is 19.8 Å². The fourth-order valence-electron chi connectivity index (χ4n) is 4.54. The van der Waals surface area contributed by atoms with Crippen LogP contribution in [-0.2, 0) is 6.42 Å². The Hall–Kier alpha value is -2.34. The van der Waals surface area contributed by atoms with Gasteiger partial charge in [-0.15, -0.1) is 0 Å². The van der Waals surface area contributed by atoms with Gasteiger partial charge in [0.1, 0.15) is 11.4 Å². The maximum atomic E-state index is 13.1. The van der Waals surface area contributed by atoms with Gasteiger partial charge in [0.2, 0.25) is 0 Å². The highest BCUT2D eigenvalue weighted by Crippen LogP contribution is 2.23. The van der Waals surface area contributed by atoms with Gasteiger partial charge in [-0.1, -0.05) is 18.6 Å². The Kier molecular flexibility index (Phi) is 6.49. The smallest absolute Gasteiger partial charge is 0.274 e. The summed E-state index contributed by atoms with van der Waals surface area (Å²) in [5.41, 5.74) is 2.73. The van der Waals surface area contributed by atoms with Gasteiger partial charge in [-0.3, -0.25) is 9.69 Å². The lowest BCUT2D eigenvalue weighted by Crippen LogP contribution is -2.46. The number of hydrogen-bond acceptors (Lipinski definition) is 4. The predicted molar refractivity (Wildman–Crippen MR) is 113 cm³/mol. The third-order valence-corrected chi connectivity index (χ3v) is 6.23. The van der Waals surface area contributed by atoms with Gasteiger partial charge in [-0.25, -0.2) is 4.98 Å². The Morgan fingerprint density at radius 1 is 1.14 bits per heavy atom. The number of aromatic nitrogens is 2. The molecule has 6 heteroatoms. The highest BCUT2D eigenvalue weighted by atomic mass is 16.5. The van der Waals surface area contributed by atoms with Crippen molar-refractivity contribution in [1.29, 1.82) is 0 Å². The Labute approximate surface area is 173 Å². The van der Waals surface area contributed by atoms with Crippen LogP contribution in [-0.4, -0.2) is 64.5 Å². The summed E-state index contributed by atoms with van der Waals surface area (Å²) in [5, 5.41) is 0. The van der Waals surface area contributed by atoms with Gasteiger partial charge in [0.15, 0.2) is 0 Å². The first-order valence-corrected chi connectivity index (χ1v) is 11.0. The monoisotopic (exact) mass is 396 g/mol.